The number of nitrogens with one attached hydrogen (secondary N) is 1. The van der Waals surface area contributed by atoms with Crippen LogP contribution in [0, 0.1) is 18.6 Å². The minimum atomic E-state index is -0.458. The van der Waals surface area contributed by atoms with Crippen LogP contribution in [0.4, 0.5) is 14.6 Å². The zero-order valence-corrected chi connectivity index (χ0v) is 12.8. The minimum absolute atomic E-state index is 0.172. The van der Waals surface area contributed by atoms with E-state index in [1.165, 1.54) is 12.1 Å². The lowest BCUT2D eigenvalue weighted by Gasteiger charge is -2.10. The molecule has 20 heavy (non-hydrogen) atoms. The third kappa shape index (κ3) is 3.12. The maximum Gasteiger partial charge on any atom is 0.186 e. The largest absolute Gasteiger partial charge is 0.368 e. The molecule has 6 heteroatoms. The molecule has 0 fully saturated rings. The van der Waals surface area contributed by atoms with Gasteiger partial charge in [0.05, 0.1) is 5.69 Å². The summed E-state index contributed by atoms with van der Waals surface area (Å²) >= 11 is 3.27. The van der Waals surface area contributed by atoms with E-state index < -0.39 is 5.82 Å². The van der Waals surface area contributed by atoms with Crippen molar-refractivity contribution < 1.29 is 8.78 Å². The summed E-state index contributed by atoms with van der Waals surface area (Å²) in [7, 11) is 0. The van der Waals surface area contributed by atoms with Crippen LogP contribution in [0.5, 0.6) is 0 Å². The Hall–Kier alpha value is -1.56. The molecule has 0 atom stereocenters. The van der Waals surface area contributed by atoms with Crippen molar-refractivity contribution in [3.8, 4) is 11.4 Å². The summed E-state index contributed by atoms with van der Waals surface area (Å²) in [6, 6.07) is 4.22. The van der Waals surface area contributed by atoms with Gasteiger partial charge in [0.15, 0.2) is 17.5 Å². The fourth-order valence-electron chi connectivity index (χ4n) is 1.71. The van der Waals surface area contributed by atoms with Crippen LogP contribution in [-0.2, 0) is 0 Å². The summed E-state index contributed by atoms with van der Waals surface area (Å²) in [4.78, 5) is 8.31. The van der Waals surface area contributed by atoms with E-state index in [-0.39, 0.29) is 17.3 Å². The van der Waals surface area contributed by atoms with Gasteiger partial charge in [-0.3, -0.25) is 0 Å². The standard InChI is InChI=1S/C14H14BrF2N3/c1-3-6-18-14-12(17)8(2)19-13(20-14)10-5-4-9(16)7-11(10)15/h4-5,7H,3,6H2,1-2H3,(H,18,19,20). The summed E-state index contributed by atoms with van der Waals surface area (Å²) in [5.41, 5.74) is 0.874. The van der Waals surface area contributed by atoms with Gasteiger partial charge in [-0.1, -0.05) is 6.92 Å². The zero-order valence-electron chi connectivity index (χ0n) is 11.2. The Bertz CT molecular complexity index is 632. The summed E-state index contributed by atoms with van der Waals surface area (Å²) in [5.74, 6) is -0.288. The highest BCUT2D eigenvalue weighted by atomic mass is 79.9. The lowest BCUT2D eigenvalue weighted by atomic mass is 10.2. The molecule has 3 nitrogen and oxygen atoms in total. The van der Waals surface area contributed by atoms with Crippen molar-refractivity contribution in [1.82, 2.24) is 9.97 Å². The topological polar surface area (TPSA) is 37.8 Å². The molecule has 0 aliphatic carbocycles. The van der Waals surface area contributed by atoms with Crippen LogP contribution >= 0.6 is 15.9 Å². The molecule has 0 unspecified atom stereocenters. The minimum Gasteiger partial charge on any atom is -0.368 e. The number of rotatable bonds is 4. The molecule has 1 aromatic carbocycles. The van der Waals surface area contributed by atoms with Crippen LogP contribution in [-0.4, -0.2) is 16.5 Å². The van der Waals surface area contributed by atoms with Gasteiger partial charge < -0.3 is 5.32 Å². The molecular weight excluding hydrogens is 328 g/mol. The number of benzene rings is 1. The number of hydrogen-bond donors (Lipinski definition) is 1. The lowest BCUT2D eigenvalue weighted by molar-refractivity contribution is 0.605. The molecule has 0 amide bonds. The van der Waals surface area contributed by atoms with Crippen LogP contribution in [0.1, 0.15) is 19.0 Å². The van der Waals surface area contributed by atoms with Crippen molar-refractivity contribution in [3.05, 3.63) is 40.0 Å². The third-order valence-corrected chi connectivity index (χ3v) is 3.39. The number of aryl methyl sites for hydroxylation is 1. The number of hydrogen-bond acceptors (Lipinski definition) is 3. The molecule has 0 aliphatic rings. The van der Waals surface area contributed by atoms with E-state index >= 15 is 0 Å². The molecule has 1 aromatic heterocycles. The van der Waals surface area contributed by atoms with Gasteiger partial charge in [-0.25, -0.2) is 18.7 Å². The van der Waals surface area contributed by atoms with Crippen LogP contribution < -0.4 is 5.32 Å². The Balaban J connectivity index is 2.48. The van der Waals surface area contributed by atoms with Crippen molar-refractivity contribution in [3.63, 3.8) is 0 Å². The van der Waals surface area contributed by atoms with Crippen molar-refractivity contribution in [1.29, 1.82) is 0 Å². The average Bonchev–Trinajstić information content (AvgIpc) is 2.40. The number of anilines is 1. The predicted molar refractivity (Wildman–Crippen MR) is 78.6 cm³/mol. The first-order valence-electron chi connectivity index (χ1n) is 6.26. The number of aromatic nitrogens is 2. The van der Waals surface area contributed by atoms with Gasteiger partial charge in [0.1, 0.15) is 5.82 Å². The van der Waals surface area contributed by atoms with E-state index in [2.05, 4.69) is 31.2 Å². The van der Waals surface area contributed by atoms with Crippen LogP contribution in [0.15, 0.2) is 22.7 Å². The monoisotopic (exact) mass is 341 g/mol. The molecule has 0 spiro atoms. The maximum atomic E-state index is 13.9. The second kappa shape index (κ2) is 6.26. The Labute approximate surface area is 124 Å². The highest BCUT2D eigenvalue weighted by Gasteiger charge is 2.14. The molecule has 0 saturated carbocycles. The van der Waals surface area contributed by atoms with Gasteiger partial charge >= 0.3 is 0 Å². The molecule has 0 radical (unpaired) electrons. The third-order valence-electron chi connectivity index (χ3n) is 2.73. The summed E-state index contributed by atoms with van der Waals surface area (Å²) < 4.78 is 27.6. The molecular formula is C14H14BrF2N3. The number of nitrogens with zero attached hydrogens (tertiary/aromatic N) is 2. The zero-order chi connectivity index (χ0) is 14.7. The van der Waals surface area contributed by atoms with Crippen LogP contribution in [0.2, 0.25) is 0 Å². The van der Waals surface area contributed by atoms with E-state index in [1.807, 2.05) is 6.92 Å². The normalized spacial score (nSPS) is 10.7. The van der Waals surface area contributed by atoms with E-state index in [0.29, 0.717) is 22.4 Å². The van der Waals surface area contributed by atoms with E-state index in [9.17, 15) is 8.78 Å². The first kappa shape index (κ1) is 14.8. The van der Waals surface area contributed by atoms with Gasteiger partial charge in [-0.15, -0.1) is 0 Å². The quantitative estimate of drug-likeness (QED) is 0.900. The van der Waals surface area contributed by atoms with E-state index in [4.69, 9.17) is 0 Å². The second-order valence-electron chi connectivity index (χ2n) is 4.35. The van der Waals surface area contributed by atoms with E-state index in [0.717, 1.165) is 6.42 Å². The number of halogens is 3. The molecule has 0 saturated heterocycles. The molecule has 2 aromatic rings. The van der Waals surface area contributed by atoms with Gasteiger partial charge in [0.2, 0.25) is 0 Å². The van der Waals surface area contributed by atoms with Gasteiger partial charge in [0, 0.05) is 16.6 Å². The van der Waals surface area contributed by atoms with Gasteiger partial charge in [-0.2, -0.15) is 0 Å². The Kier molecular flexibility index (Phi) is 4.65. The average molecular weight is 342 g/mol. The molecule has 1 N–H and O–H groups in total. The van der Waals surface area contributed by atoms with Gasteiger partial charge in [-0.05, 0) is 47.5 Å². The molecule has 2 rings (SSSR count). The molecule has 1 heterocycles. The van der Waals surface area contributed by atoms with Crippen molar-refractivity contribution in [2.75, 3.05) is 11.9 Å². The van der Waals surface area contributed by atoms with Crippen molar-refractivity contribution >= 4 is 21.7 Å². The molecule has 0 bridgehead atoms. The smallest absolute Gasteiger partial charge is 0.186 e. The maximum absolute atomic E-state index is 13.9. The molecule has 106 valence electrons. The SMILES string of the molecule is CCCNc1nc(-c2ccc(F)cc2Br)nc(C)c1F. The lowest BCUT2D eigenvalue weighted by Crippen LogP contribution is -2.08. The Morgan fingerprint density at radius 1 is 1.25 bits per heavy atom. The fraction of sp³-hybridized carbons (Fsp3) is 0.286. The van der Waals surface area contributed by atoms with Gasteiger partial charge in [0.25, 0.3) is 0 Å². The Morgan fingerprint density at radius 3 is 2.65 bits per heavy atom. The first-order valence-corrected chi connectivity index (χ1v) is 7.05. The second-order valence-corrected chi connectivity index (χ2v) is 5.20. The van der Waals surface area contributed by atoms with Crippen molar-refractivity contribution in [2.24, 2.45) is 0 Å². The summed E-state index contributed by atoms with van der Waals surface area (Å²) in [6.07, 6.45) is 0.859. The predicted octanol–water partition coefficient (Wildman–Crippen LogP) is 4.31. The summed E-state index contributed by atoms with van der Waals surface area (Å²) in [6.45, 7) is 4.18. The Morgan fingerprint density at radius 2 is 2.00 bits per heavy atom. The molecule has 0 aliphatic heterocycles. The fourth-order valence-corrected chi connectivity index (χ4v) is 2.24. The van der Waals surface area contributed by atoms with Crippen molar-refractivity contribution in [2.45, 2.75) is 20.3 Å². The van der Waals surface area contributed by atoms with Crippen LogP contribution in [0.25, 0.3) is 11.4 Å². The van der Waals surface area contributed by atoms with E-state index in [1.54, 1.807) is 13.0 Å². The first-order chi connectivity index (χ1) is 9.52. The summed E-state index contributed by atoms with van der Waals surface area (Å²) in [5, 5.41) is 2.93. The highest BCUT2D eigenvalue weighted by molar-refractivity contribution is 9.10. The van der Waals surface area contributed by atoms with Crippen LogP contribution in [0.3, 0.4) is 0 Å². The highest BCUT2D eigenvalue weighted by Crippen LogP contribution is 2.28.